The van der Waals surface area contributed by atoms with Crippen LogP contribution in [0.25, 0.3) is 0 Å². The molecule has 1 unspecified atom stereocenters. The first-order valence-electron chi connectivity index (χ1n) is 5.34. The third-order valence-corrected chi connectivity index (χ3v) is 3.52. The molecule has 0 bridgehead atoms. The molecule has 0 amide bonds. The number of aryl methyl sites for hydroxylation is 2. The van der Waals surface area contributed by atoms with Crippen LogP contribution in [-0.2, 0) is 5.21 Å². The lowest BCUT2D eigenvalue weighted by Crippen LogP contribution is -2.35. The van der Waals surface area contributed by atoms with Gasteiger partial charge in [-0.25, -0.2) is 0 Å². The van der Waals surface area contributed by atoms with Gasteiger partial charge in [0.25, 0.3) is 0 Å². The maximum atomic E-state index is 5.23. The summed E-state index contributed by atoms with van der Waals surface area (Å²) in [6.07, 6.45) is 1.18. The largest absolute Gasteiger partial charge is 0.361 e. The van der Waals surface area contributed by atoms with Crippen molar-refractivity contribution in [1.29, 1.82) is 0 Å². The van der Waals surface area contributed by atoms with E-state index in [0.717, 1.165) is 11.5 Å². The van der Waals surface area contributed by atoms with E-state index >= 15 is 0 Å². The number of hydrogen-bond donors (Lipinski definition) is 0. The molecule has 0 radical (unpaired) electrons. The average molecular weight is 191 g/mol. The van der Waals surface area contributed by atoms with E-state index in [0.29, 0.717) is 5.92 Å². The molecule has 0 spiro atoms. The van der Waals surface area contributed by atoms with E-state index in [4.69, 9.17) is 4.52 Å². The first-order chi connectivity index (χ1) is 6.41. The maximum Gasteiger partial charge on any atom is 0.136 e. The van der Waals surface area contributed by atoms with Gasteiger partial charge < -0.3 is 4.52 Å². The monoisotopic (exact) mass is 191 g/mol. The molecule has 1 atom stereocenters. The van der Waals surface area contributed by atoms with Crippen molar-refractivity contribution in [2.24, 2.45) is 5.92 Å². The fourth-order valence-corrected chi connectivity index (χ4v) is 2.16. The van der Waals surface area contributed by atoms with Gasteiger partial charge in [-0.3, -0.25) is 0 Å². The van der Waals surface area contributed by atoms with Gasteiger partial charge >= 0.3 is 0 Å². The molecule has 1 heterocycles. The Kier molecular flexibility index (Phi) is 3.13. The minimum absolute atomic E-state index is 0.156. The molecule has 4 heteroatoms. The summed E-state index contributed by atoms with van der Waals surface area (Å²) in [5.41, 5.74) is 2.32. The molecule has 2 nitrogen and oxygen atoms in total. The van der Waals surface area contributed by atoms with Crippen LogP contribution >= 0.6 is 0 Å². The van der Waals surface area contributed by atoms with Crippen molar-refractivity contribution in [3.05, 3.63) is 17.0 Å². The molecule has 0 N–H and O–H groups in total. The molecule has 0 aromatic carbocycles. The first-order valence-corrected chi connectivity index (χ1v) is 5.34. The Labute approximate surface area is 88.3 Å². The Morgan fingerprint density at radius 3 is 2.36 bits per heavy atom. The normalized spacial score (nSPS) is 14.3. The molecular weight excluding hydrogens is 172 g/mol. The zero-order valence-electron chi connectivity index (χ0n) is 10.1. The summed E-state index contributed by atoms with van der Waals surface area (Å²) >= 11 is 0. The van der Waals surface area contributed by atoms with Gasteiger partial charge in [0, 0.05) is 5.56 Å². The highest BCUT2D eigenvalue weighted by atomic mass is 16.5. The van der Waals surface area contributed by atoms with Crippen LogP contribution in [-0.4, -0.2) is 20.8 Å². The zero-order valence-corrected chi connectivity index (χ0v) is 10.1. The van der Waals surface area contributed by atoms with E-state index in [-0.39, 0.29) is 5.21 Å². The van der Waals surface area contributed by atoms with Crippen LogP contribution < -0.4 is 0 Å². The van der Waals surface area contributed by atoms with Crippen molar-refractivity contribution in [3.63, 3.8) is 0 Å². The van der Waals surface area contributed by atoms with Crippen LogP contribution in [0.5, 0.6) is 0 Å². The lowest BCUT2D eigenvalue weighted by atomic mass is 9.45. The van der Waals surface area contributed by atoms with Crippen LogP contribution in [0, 0.1) is 19.8 Å². The van der Waals surface area contributed by atoms with Gasteiger partial charge in [-0.1, -0.05) is 30.6 Å². The minimum atomic E-state index is 0.156. The third-order valence-electron chi connectivity index (χ3n) is 3.52. The molecule has 0 aliphatic rings. The molecule has 0 saturated carbocycles. The Hall–Kier alpha value is -0.660. The van der Waals surface area contributed by atoms with Crippen molar-refractivity contribution < 1.29 is 4.52 Å². The van der Waals surface area contributed by atoms with Crippen LogP contribution in [0.2, 0.25) is 0 Å². The molecule has 0 aliphatic heterocycles. The van der Waals surface area contributed by atoms with Gasteiger partial charge in [0.15, 0.2) is 0 Å². The summed E-state index contributed by atoms with van der Waals surface area (Å²) in [6.45, 7) is 8.53. The number of aromatic nitrogens is 1. The predicted octanol–water partition coefficient (Wildman–Crippen LogP) is 0.757. The summed E-state index contributed by atoms with van der Waals surface area (Å²) in [4.78, 5) is 0. The lowest BCUT2D eigenvalue weighted by Gasteiger charge is -2.31. The Morgan fingerprint density at radius 1 is 1.43 bits per heavy atom. The molecular formula is C10H19B2NO. The molecule has 1 rings (SSSR count). The Balaban J connectivity index is 3.14. The lowest BCUT2D eigenvalue weighted by molar-refractivity contribution is 0.389. The van der Waals surface area contributed by atoms with Gasteiger partial charge in [0.05, 0.1) is 5.69 Å². The average Bonchev–Trinajstić information content (AvgIpc) is 2.44. The van der Waals surface area contributed by atoms with Crippen LogP contribution in [0.15, 0.2) is 4.52 Å². The van der Waals surface area contributed by atoms with E-state index in [2.05, 4.69) is 34.7 Å². The number of nitrogens with zero attached hydrogens (tertiary/aromatic N) is 1. The molecule has 14 heavy (non-hydrogen) atoms. The van der Waals surface area contributed by atoms with Crippen molar-refractivity contribution >= 4 is 15.7 Å². The topological polar surface area (TPSA) is 26.0 Å². The van der Waals surface area contributed by atoms with E-state index < -0.39 is 0 Å². The second-order valence-electron chi connectivity index (χ2n) is 4.73. The quantitative estimate of drug-likeness (QED) is 0.659. The van der Waals surface area contributed by atoms with E-state index in [1.165, 1.54) is 12.0 Å². The van der Waals surface area contributed by atoms with Gasteiger partial charge in [-0.05, 0) is 19.8 Å². The van der Waals surface area contributed by atoms with Crippen LogP contribution in [0.4, 0.5) is 0 Å². The highest BCUT2D eigenvalue weighted by Gasteiger charge is 2.32. The van der Waals surface area contributed by atoms with Gasteiger partial charge in [0.1, 0.15) is 21.5 Å². The van der Waals surface area contributed by atoms with Crippen molar-refractivity contribution in [1.82, 2.24) is 5.16 Å². The fourth-order valence-electron chi connectivity index (χ4n) is 2.16. The summed E-state index contributed by atoms with van der Waals surface area (Å²) in [5, 5.41) is 4.18. The molecule has 0 saturated heterocycles. The highest BCUT2D eigenvalue weighted by molar-refractivity contribution is 6.40. The predicted molar refractivity (Wildman–Crippen MR) is 64.2 cm³/mol. The maximum absolute atomic E-state index is 5.23. The summed E-state index contributed by atoms with van der Waals surface area (Å²) in [6, 6.07) is 0. The molecule has 1 aromatic heterocycles. The number of hydrogen-bond acceptors (Lipinski definition) is 2. The van der Waals surface area contributed by atoms with E-state index in [1.54, 1.807) is 0 Å². The Bertz CT molecular complexity index is 300. The second kappa shape index (κ2) is 3.84. The van der Waals surface area contributed by atoms with Crippen LogP contribution in [0.3, 0.4) is 0 Å². The minimum Gasteiger partial charge on any atom is -0.361 e. The molecule has 76 valence electrons. The molecule has 0 aliphatic carbocycles. The SMILES string of the molecule is BC(B)(c1c(C)noc1C)C(C)CC. The third kappa shape index (κ3) is 1.75. The van der Waals surface area contributed by atoms with Gasteiger partial charge in [0.2, 0.25) is 0 Å². The summed E-state index contributed by atoms with van der Waals surface area (Å²) in [7, 11) is 4.54. The summed E-state index contributed by atoms with van der Waals surface area (Å²) < 4.78 is 5.23. The van der Waals surface area contributed by atoms with Crippen molar-refractivity contribution in [2.75, 3.05) is 0 Å². The van der Waals surface area contributed by atoms with Gasteiger partial charge in [-0.15, -0.1) is 0 Å². The van der Waals surface area contributed by atoms with Crippen molar-refractivity contribution in [2.45, 2.75) is 39.3 Å². The van der Waals surface area contributed by atoms with Crippen molar-refractivity contribution in [3.8, 4) is 0 Å². The standard InChI is InChI=1S/C10H19B2NO/c1-5-6(2)10(11,12)9-7(3)13-14-8(9)4/h6H,5,11-12H2,1-4H3. The molecule has 1 aromatic rings. The van der Waals surface area contributed by atoms with E-state index in [9.17, 15) is 0 Å². The van der Waals surface area contributed by atoms with E-state index in [1.807, 2.05) is 13.8 Å². The van der Waals surface area contributed by atoms with Crippen LogP contribution in [0.1, 0.15) is 37.3 Å². The smallest absolute Gasteiger partial charge is 0.136 e. The first kappa shape index (κ1) is 11.4. The van der Waals surface area contributed by atoms with Gasteiger partial charge in [-0.2, -0.15) is 0 Å². The fraction of sp³-hybridized carbons (Fsp3) is 0.700. The zero-order chi connectivity index (χ0) is 10.9. The number of rotatable bonds is 3. The second-order valence-corrected chi connectivity index (χ2v) is 4.73. The highest BCUT2D eigenvalue weighted by Crippen LogP contribution is 2.32. The Morgan fingerprint density at radius 2 is 2.00 bits per heavy atom. The summed E-state index contributed by atoms with van der Waals surface area (Å²) in [5.74, 6) is 1.60. The molecule has 0 fully saturated rings.